The van der Waals surface area contributed by atoms with Crippen molar-refractivity contribution < 1.29 is 5.11 Å². The monoisotopic (exact) mass is 350 g/mol. The Morgan fingerprint density at radius 3 is 2.81 bits per heavy atom. The molecule has 0 radical (unpaired) electrons. The maximum absolute atomic E-state index is 12.3. The largest absolute Gasteiger partial charge is 0.508 e. The quantitative estimate of drug-likeness (QED) is 0.759. The number of hydrogen-bond acceptors (Lipinski definition) is 4. The molecule has 1 aliphatic heterocycles. The van der Waals surface area contributed by atoms with Crippen LogP contribution in [0.2, 0.25) is 0 Å². The molecule has 2 heterocycles. The Morgan fingerprint density at radius 1 is 1.15 bits per heavy atom. The molecule has 0 aliphatic carbocycles. The average molecular weight is 350 g/mol. The highest BCUT2D eigenvalue weighted by Crippen LogP contribution is 2.27. The van der Waals surface area contributed by atoms with Crippen molar-refractivity contribution in [2.75, 3.05) is 13.1 Å². The van der Waals surface area contributed by atoms with Crippen LogP contribution in [0.15, 0.2) is 59.4 Å². The third-order valence-electron chi connectivity index (χ3n) is 4.90. The molecule has 4 rings (SSSR count). The maximum atomic E-state index is 12.3. The van der Waals surface area contributed by atoms with Crippen molar-refractivity contribution in [1.82, 2.24) is 19.7 Å². The summed E-state index contributed by atoms with van der Waals surface area (Å²) in [4.78, 5) is 14.7. The normalized spacial score (nSPS) is 18.1. The van der Waals surface area contributed by atoms with Crippen LogP contribution in [0.25, 0.3) is 5.69 Å². The lowest BCUT2D eigenvalue weighted by molar-refractivity contribution is 0.195. The Balaban J connectivity index is 1.56. The standard InChI is InChI=1S/C20H22N4O2/c25-18-10-4-6-15(12-18)13-23-11-5-7-16(14-23)19-21-22-20(26)24(19)17-8-2-1-3-9-17/h1-4,6,8-10,12,16,25H,5,7,11,13-14H2,(H,22,26)/t16-/m0/s1. The highest BCUT2D eigenvalue weighted by molar-refractivity contribution is 5.33. The highest BCUT2D eigenvalue weighted by atomic mass is 16.3. The number of phenolic OH excluding ortho intramolecular Hbond substituents is 1. The van der Waals surface area contributed by atoms with Crippen LogP contribution in [0, 0.1) is 0 Å². The van der Waals surface area contributed by atoms with E-state index in [4.69, 9.17) is 0 Å². The maximum Gasteiger partial charge on any atom is 0.347 e. The fraction of sp³-hybridized carbons (Fsp3) is 0.300. The van der Waals surface area contributed by atoms with Crippen LogP contribution < -0.4 is 5.69 Å². The molecule has 1 fully saturated rings. The summed E-state index contributed by atoms with van der Waals surface area (Å²) in [5, 5.41) is 16.6. The number of aromatic hydroxyl groups is 1. The topological polar surface area (TPSA) is 74.2 Å². The minimum Gasteiger partial charge on any atom is -0.508 e. The predicted molar refractivity (Wildman–Crippen MR) is 99.5 cm³/mol. The Morgan fingerprint density at radius 2 is 2.00 bits per heavy atom. The lowest BCUT2D eigenvalue weighted by Crippen LogP contribution is -2.35. The van der Waals surface area contributed by atoms with Gasteiger partial charge in [-0.25, -0.2) is 14.5 Å². The van der Waals surface area contributed by atoms with E-state index in [1.54, 1.807) is 16.7 Å². The molecule has 3 aromatic rings. The number of aromatic amines is 1. The van der Waals surface area contributed by atoms with E-state index in [1.165, 1.54) is 0 Å². The number of phenols is 1. The Bertz CT molecular complexity index is 932. The molecule has 0 unspecified atom stereocenters. The van der Waals surface area contributed by atoms with E-state index in [1.807, 2.05) is 42.5 Å². The molecule has 1 atom stereocenters. The first kappa shape index (κ1) is 16.6. The summed E-state index contributed by atoms with van der Waals surface area (Å²) >= 11 is 0. The van der Waals surface area contributed by atoms with Crippen molar-refractivity contribution >= 4 is 0 Å². The van der Waals surface area contributed by atoms with Gasteiger partial charge < -0.3 is 5.11 Å². The third-order valence-corrected chi connectivity index (χ3v) is 4.90. The Kier molecular flexibility index (Phi) is 4.58. The molecule has 1 aliphatic rings. The van der Waals surface area contributed by atoms with Crippen molar-refractivity contribution in [2.24, 2.45) is 0 Å². The van der Waals surface area contributed by atoms with Crippen LogP contribution in [-0.4, -0.2) is 37.9 Å². The molecule has 26 heavy (non-hydrogen) atoms. The molecular formula is C20H22N4O2. The highest BCUT2D eigenvalue weighted by Gasteiger charge is 2.26. The van der Waals surface area contributed by atoms with Gasteiger partial charge in [0.05, 0.1) is 5.69 Å². The molecule has 0 saturated carbocycles. The van der Waals surface area contributed by atoms with Crippen LogP contribution in [0.5, 0.6) is 5.75 Å². The van der Waals surface area contributed by atoms with Gasteiger partial charge in [0, 0.05) is 19.0 Å². The minimum atomic E-state index is -0.198. The van der Waals surface area contributed by atoms with E-state index in [9.17, 15) is 9.90 Å². The molecule has 1 saturated heterocycles. The fourth-order valence-electron chi connectivity index (χ4n) is 3.73. The van der Waals surface area contributed by atoms with Crippen molar-refractivity contribution in [1.29, 1.82) is 0 Å². The molecule has 2 aromatic carbocycles. The van der Waals surface area contributed by atoms with Gasteiger partial charge >= 0.3 is 5.69 Å². The number of nitrogens with zero attached hydrogens (tertiary/aromatic N) is 3. The molecule has 0 spiro atoms. The lowest BCUT2D eigenvalue weighted by atomic mass is 9.96. The number of piperidine rings is 1. The molecule has 6 heteroatoms. The number of aromatic nitrogens is 3. The Labute approximate surface area is 151 Å². The van der Waals surface area contributed by atoms with Crippen LogP contribution in [-0.2, 0) is 6.54 Å². The molecule has 134 valence electrons. The molecule has 1 aromatic heterocycles. The number of para-hydroxylation sites is 1. The van der Waals surface area contributed by atoms with E-state index < -0.39 is 0 Å². The summed E-state index contributed by atoms with van der Waals surface area (Å²) in [5.41, 5.74) is 1.73. The van der Waals surface area contributed by atoms with Gasteiger partial charge in [0.25, 0.3) is 0 Å². The van der Waals surface area contributed by atoms with Gasteiger partial charge in [-0.1, -0.05) is 30.3 Å². The minimum absolute atomic E-state index is 0.195. The van der Waals surface area contributed by atoms with E-state index in [0.29, 0.717) is 5.75 Å². The predicted octanol–water partition coefficient (Wildman–Crippen LogP) is 2.65. The third kappa shape index (κ3) is 3.41. The molecule has 0 amide bonds. The first-order chi connectivity index (χ1) is 12.7. The summed E-state index contributed by atoms with van der Waals surface area (Å²) in [7, 11) is 0. The molecular weight excluding hydrogens is 328 g/mol. The molecule has 2 N–H and O–H groups in total. The van der Waals surface area contributed by atoms with Gasteiger partial charge in [0.1, 0.15) is 11.6 Å². The van der Waals surface area contributed by atoms with E-state index in [2.05, 4.69) is 15.1 Å². The van der Waals surface area contributed by atoms with Crippen LogP contribution >= 0.6 is 0 Å². The zero-order valence-electron chi connectivity index (χ0n) is 14.5. The number of likely N-dealkylation sites (tertiary alicyclic amines) is 1. The van der Waals surface area contributed by atoms with Crippen LogP contribution in [0.4, 0.5) is 0 Å². The first-order valence-corrected chi connectivity index (χ1v) is 8.94. The van der Waals surface area contributed by atoms with Crippen molar-refractivity contribution in [2.45, 2.75) is 25.3 Å². The summed E-state index contributed by atoms with van der Waals surface area (Å²) in [6, 6.07) is 17.0. The van der Waals surface area contributed by atoms with Crippen molar-refractivity contribution in [3.8, 4) is 11.4 Å². The smallest absolute Gasteiger partial charge is 0.347 e. The van der Waals surface area contributed by atoms with Crippen LogP contribution in [0.3, 0.4) is 0 Å². The number of rotatable bonds is 4. The fourth-order valence-corrected chi connectivity index (χ4v) is 3.73. The van der Waals surface area contributed by atoms with Gasteiger partial charge in [-0.15, -0.1) is 0 Å². The summed E-state index contributed by atoms with van der Waals surface area (Å²) in [6.45, 7) is 2.63. The van der Waals surface area contributed by atoms with E-state index >= 15 is 0 Å². The second kappa shape index (κ2) is 7.17. The van der Waals surface area contributed by atoms with Gasteiger partial charge in [-0.05, 0) is 49.2 Å². The molecule has 6 nitrogen and oxygen atoms in total. The lowest BCUT2D eigenvalue weighted by Gasteiger charge is -2.32. The average Bonchev–Trinajstić information content (AvgIpc) is 3.04. The summed E-state index contributed by atoms with van der Waals surface area (Å²) in [5.74, 6) is 1.28. The SMILES string of the molecule is O=c1[nH]nc([C@H]2CCCN(Cc3cccc(O)c3)C2)n1-c1ccccc1. The van der Waals surface area contributed by atoms with Crippen molar-refractivity contribution in [3.05, 3.63) is 76.5 Å². The van der Waals surface area contributed by atoms with E-state index in [-0.39, 0.29) is 11.6 Å². The first-order valence-electron chi connectivity index (χ1n) is 8.94. The number of nitrogens with one attached hydrogen (secondary N) is 1. The second-order valence-corrected chi connectivity index (χ2v) is 6.80. The number of benzene rings is 2. The zero-order chi connectivity index (χ0) is 17.9. The van der Waals surface area contributed by atoms with E-state index in [0.717, 1.165) is 49.6 Å². The van der Waals surface area contributed by atoms with Gasteiger partial charge in [0.15, 0.2) is 0 Å². The molecule has 0 bridgehead atoms. The van der Waals surface area contributed by atoms with Gasteiger partial charge in [-0.3, -0.25) is 4.90 Å². The Hall–Kier alpha value is -2.86. The summed E-state index contributed by atoms with van der Waals surface area (Å²) < 4.78 is 1.68. The second-order valence-electron chi connectivity index (χ2n) is 6.80. The summed E-state index contributed by atoms with van der Waals surface area (Å²) in [6.07, 6.45) is 2.06. The number of H-pyrrole nitrogens is 1. The van der Waals surface area contributed by atoms with Crippen LogP contribution in [0.1, 0.15) is 30.1 Å². The van der Waals surface area contributed by atoms with Gasteiger partial charge in [-0.2, -0.15) is 5.10 Å². The van der Waals surface area contributed by atoms with Crippen molar-refractivity contribution in [3.63, 3.8) is 0 Å². The zero-order valence-corrected chi connectivity index (χ0v) is 14.5. The van der Waals surface area contributed by atoms with Gasteiger partial charge in [0.2, 0.25) is 0 Å². The number of hydrogen-bond donors (Lipinski definition) is 2.